The lowest BCUT2D eigenvalue weighted by molar-refractivity contribution is -0.137. The van der Waals surface area contributed by atoms with Gasteiger partial charge in [-0.25, -0.2) is 0 Å². The van der Waals surface area contributed by atoms with Crippen molar-refractivity contribution in [1.82, 2.24) is 0 Å². The minimum absolute atomic E-state index is 0.00286. The molecule has 1 aliphatic heterocycles. The summed E-state index contributed by atoms with van der Waals surface area (Å²) in [5.41, 5.74) is 1.66. The van der Waals surface area contributed by atoms with E-state index in [-0.39, 0.29) is 29.6 Å². The van der Waals surface area contributed by atoms with Gasteiger partial charge in [0.1, 0.15) is 0 Å². The van der Waals surface area contributed by atoms with Gasteiger partial charge in [0, 0.05) is 18.7 Å². The first-order valence-electron chi connectivity index (χ1n) is 8.61. The smallest absolute Gasteiger partial charge is 0.324 e. The van der Waals surface area contributed by atoms with E-state index in [1.165, 1.54) is 4.90 Å². The van der Waals surface area contributed by atoms with E-state index in [9.17, 15) is 22.8 Å². The number of benzene rings is 2. The molecule has 4 nitrogen and oxygen atoms in total. The molecule has 1 heterocycles. The van der Waals surface area contributed by atoms with Gasteiger partial charge < -0.3 is 10.2 Å². The van der Waals surface area contributed by atoms with E-state index >= 15 is 0 Å². The predicted octanol–water partition coefficient (Wildman–Crippen LogP) is 4.97. The second kappa shape index (κ2) is 7.47. The minimum Gasteiger partial charge on any atom is -0.324 e. The van der Waals surface area contributed by atoms with Gasteiger partial charge in [-0.2, -0.15) is 13.2 Å². The molecule has 1 aliphatic rings. The Labute approximate surface area is 165 Å². The van der Waals surface area contributed by atoms with E-state index in [1.54, 1.807) is 0 Å². The van der Waals surface area contributed by atoms with Crippen LogP contribution in [0.2, 0.25) is 5.02 Å². The third-order valence-electron chi connectivity index (χ3n) is 4.69. The number of hydrogen-bond acceptors (Lipinski definition) is 2. The van der Waals surface area contributed by atoms with E-state index in [0.717, 1.165) is 35.0 Å². The molecule has 0 spiro atoms. The molecule has 0 unspecified atom stereocenters. The van der Waals surface area contributed by atoms with Gasteiger partial charge in [0.2, 0.25) is 11.8 Å². The van der Waals surface area contributed by atoms with Crippen LogP contribution < -0.4 is 10.2 Å². The number of alkyl halides is 3. The normalized spacial score (nSPS) is 17.1. The Balaban J connectivity index is 1.77. The van der Waals surface area contributed by atoms with Crippen LogP contribution >= 0.6 is 11.6 Å². The van der Waals surface area contributed by atoms with Crippen molar-refractivity contribution in [1.29, 1.82) is 0 Å². The number of halogens is 4. The highest BCUT2D eigenvalue weighted by Crippen LogP contribution is 2.35. The molecule has 28 heavy (non-hydrogen) atoms. The SMILES string of the molecule is Cc1ccc(N2C[C@@H](C(=O)Nc3cc(C(F)(F)F)ccc3Cl)CC2=O)c(C)c1. The summed E-state index contributed by atoms with van der Waals surface area (Å²) >= 11 is 5.93. The van der Waals surface area contributed by atoms with E-state index in [2.05, 4.69) is 5.32 Å². The zero-order chi connectivity index (χ0) is 20.6. The molecule has 1 fully saturated rings. The molecular weight excluding hydrogens is 393 g/mol. The second-order valence-corrected chi connectivity index (χ2v) is 7.28. The molecule has 0 aliphatic carbocycles. The quantitative estimate of drug-likeness (QED) is 0.776. The Bertz CT molecular complexity index is 944. The van der Waals surface area contributed by atoms with Crippen molar-refractivity contribution in [3.05, 3.63) is 58.1 Å². The first-order valence-corrected chi connectivity index (χ1v) is 8.99. The number of carbonyl (C=O) groups is 2. The van der Waals surface area contributed by atoms with Gasteiger partial charge in [-0.1, -0.05) is 29.3 Å². The Morgan fingerprint density at radius 2 is 1.89 bits per heavy atom. The summed E-state index contributed by atoms with van der Waals surface area (Å²) in [6.45, 7) is 3.98. The monoisotopic (exact) mass is 410 g/mol. The van der Waals surface area contributed by atoms with Gasteiger partial charge in [-0.3, -0.25) is 9.59 Å². The number of nitrogens with zero attached hydrogens (tertiary/aromatic N) is 1. The molecule has 1 saturated heterocycles. The molecule has 0 saturated carbocycles. The fourth-order valence-electron chi connectivity index (χ4n) is 3.26. The number of anilines is 2. The molecule has 2 amide bonds. The van der Waals surface area contributed by atoms with E-state index in [4.69, 9.17) is 11.6 Å². The summed E-state index contributed by atoms with van der Waals surface area (Å²) in [6, 6.07) is 8.37. The third-order valence-corrected chi connectivity index (χ3v) is 5.02. The van der Waals surface area contributed by atoms with Crippen LogP contribution in [-0.4, -0.2) is 18.4 Å². The van der Waals surface area contributed by atoms with Crippen LogP contribution in [0.25, 0.3) is 0 Å². The molecule has 0 aromatic heterocycles. The molecule has 8 heteroatoms. The van der Waals surface area contributed by atoms with Crippen molar-refractivity contribution in [3.63, 3.8) is 0 Å². The number of nitrogens with one attached hydrogen (secondary N) is 1. The van der Waals surface area contributed by atoms with Crippen molar-refractivity contribution < 1.29 is 22.8 Å². The first-order chi connectivity index (χ1) is 13.1. The molecule has 2 aromatic carbocycles. The summed E-state index contributed by atoms with van der Waals surface area (Å²) in [4.78, 5) is 26.5. The maximum atomic E-state index is 12.9. The van der Waals surface area contributed by atoms with Crippen LogP contribution in [-0.2, 0) is 15.8 Å². The van der Waals surface area contributed by atoms with Crippen molar-refractivity contribution in [2.75, 3.05) is 16.8 Å². The lowest BCUT2D eigenvalue weighted by atomic mass is 10.1. The van der Waals surface area contributed by atoms with Gasteiger partial charge in [-0.05, 0) is 43.7 Å². The number of amides is 2. The molecule has 1 atom stereocenters. The lowest BCUT2D eigenvalue weighted by Crippen LogP contribution is -2.28. The zero-order valence-electron chi connectivity index (χ0n) is 15.2. The summed E-state index contributed by atoms with van der Waals surface area (Å²) in [5.74, 6) is -1.43. The lowest BCUT2D eigenvalue weighted by Gasteiger charge is -2.19. The van der Waals surface area contributed by atoms with E-state index in [0.29, 0.717) is 0 Å². The Kier molecular flexibility index (Phi) is 5.39. The molecule has 148 valence electrons. The summed E-state index contributed by atoms with van der Waals surface area (Å²) in [5, 5.41) is 2.43. The highest BCUT2D eigenvalue weighted by atomic mass is 35.5. The molecule has 3 rings (SSSR count). The standard InChI is InChI=1S/C20H18ClF3N2O2/c1-11-3-6-17(12(2)7-11)26-10-13(8-18(26)27)19(28)25-16-9-14(20(22,23)24)4-5-15(16)21/h3-7,9,13H,8,10H2,1-2H3,(H,25,28)/t13-/m0/s1. The topological polar surface area (TPSA) is 49.4 Å². The van der Waals surface area contributed by atoms with Crippen molar-refractivity contribution in [3.8, 4) is 0 Å². The summed E-state index contributed by atoms with van der Waals surface area (Å²) < 4.78 is 38.7. The summed E-state index contributed by atoms with van der Waals surface area (Å²) in [7, 11) is 0. The second-order valence-electron chi connectivity index (χ2n) is 6.88. The highest BCUT2D eigenvalue weighted by molar-refractivity contribution is 6.33. The maximum absolute atomic E-state index is 12.9. The summed E-state index contributed by atoms with van der Waals surface area (Å²) in [6.07, 6.45) is -4.57. The molecule has 0 radical (unpaired) electrons. The largest absolute Gasteiger partial charge is 0.416 e. The number of rotatable bonds is 3. The van der Waals surface area contributed by atoms with Crippen LogP contribution in [0.4, 0.5) is 24.5 Å². The van der Waals surface area contributed by atoms with Crippen LogP contribution in [0.5, 0.6) is 0 Å². The highest BCUT2D eigenvalue weighted by Gasteiger charge is 2.36. The maximum Gasteiger partial charge on any atom is 0.416 e. The first kappa shape index (κ1) is 20.2. The van der Waals surface area contributed by atoms with Crippen molar-refractivity contribution in [2.24, 2.45) is 5.92 Å². The average Bonchev–Trinajstić information content (AvgIpc) is 2.97. The Morgan fingerprint density at radius 1 is 1.18 bits per heavy atom. The fourth-order valence-corrected chi connectivity index (χ4v) is 3.42. The van der Waals surface area contributed by atoms with Gasteiger partial charge in [0.05, 0.1) is 22.2 Å². The number of aryl methyl sites for hydroxylation is 2. The third kappa shape index (κ3) is 4.14. The van der Waals surface area contributed by atoms with Gasteiger partial charge in [0.25, 0.3) is 0 Å². The Hall–Kier alpha value is -2.54. The van der Waals surface area contributed by atoms with Gasteiger partial charge in [-0.15, -0.1) is 0 Å². The van der Waals surface area contributed by atoms with Crippen LogP contribution in [0.1, 0.15) is 23.1 Å². The van der Waals surface area contributed by atoms with Crippen molar-refractivity contribution >= 4 is 34.8 Å². The van der Waals surface area contributed by atoms with E-state index < -0.39 is 23.6 Å². The van der Waals surface area contributed by atoms with Crippen LogP contribution in [0, 0.1) is 19.8 Å². The van der Waals surface area contributed by atoms with E-state index in [1.807, 2.05) is 32.0 Å². The zero-order valence-corrected chi connectivity index (χ0v) is 16.0. The molecular formula is C20H18ClF3N2O2. The molecule has 0 bridgehead atoms. The Morgan fingerprint density at radius 3 is 2.54 bits per heavy atom. The molecule has 1 N–H and O–H groups in total. The number of carbonyl (C=O) groups excluding carboxylic acids is 2. The number of hydrogen-bond donors (Lipinski definition) is 1. The predicted molar refractivity (Wildman–Crippen MR) is 101 cm³/mol. The fraction of sp³-hybridized carbons (Fsp3) is 0.300. The minimum atomic E-state index is -4.55. The van der Waals surface area contributed by atoms with Crippen LogP contribution in [0.15, 0.2) is 36.4 Å². The van der Waals surface area contributed by atoms with Gasteiger partial charge >= 0.3 is 6.18 Å². The van der Waals surface area contributed by atoms with Gasteiger partial charge in [0.15, 0.2) is 0 Å². The van der Waals surface area contributed by atoms with Crippen molar-refractivity contribution in [2.45, 2.75) is 26.4 Å². The van der Waals surface area contributed by atoms with Crippen LogP contribution in [0.3, 0.4) is 0 Å². The molecule has 2 aromatic rings. The average molecular weight is 411 g/mol.